The SMILES string of the molecule is O=C(NCc1ccccc1)C1CCN(C(=O)[C@@H]2CCCNC2)CC1. The third-order valence-electron chi connectivity index (χ3n) is 5.13. The number of amides is 2. The van der Waals surface area contributed by atoms with Crippen LogP contribution in [0.15, 0.2) is 30.3 Å². The molecule has 2 fully saturated rings. The Morgan fingerprint density at radius 3 is 2.50 bits per heavy atom. The average Bonchev–Trinajstić information content (AvgIpc) is 2.67. The van der Waals surface area contributed by atoms with E-state index in [-0.39, 0.29) is 23.7 Å². The normalized spacial score (nSPS) is 22.2. The molecular formula is C19H27N3O2. The minimum Gasteiger partial charge on any atom is -0.352 e. The first-order valence-electron chi connectivity index (χ1n) is 9.05. The van der Waals surface area contributed by atoms with Gasteiger partial charge in [-0.3, -0.25) is 9.59 Å². The van der Waals surface area contributed by atoms with Crippen LogP contribution in [0.5, 0.6) is 0 Å². The zero-order chi connectivity index (χ0) is 16.8. The van der Waals surface area contributed by atoms with E-state index in [1.165, 1.54) is 0 Å². The standard InChI is InChI=1S/C19H27N3O2/c23-18(21-13-15-5-2-1-3-6-15)16-8-11-22(12-9-16)19(24)17-7-4-10-20-14-17/h1-3,5-6,16-17,20H,4,7-14H2,(H,21,23)/t17-/m1/s1. The highest BCUT2D eigenvalue weighted by Gasteiger charge is 2.31. The fourth-order valence-electron chi connectivity index (χ4n) is 3.61. The summed E-state index contributed by atoms with van der Waals surface area (Å²) in [4.78, 5) is 26.8. The van der Waals surface area contributed by atoms with Crippen LogP contribution >= 0.6 is 0 Å². The Hall–Kier alpha value is -1.88. The van der Waals surface area contributed by atoms with Gasteiger partial charge in [-0.25, -0.2) is 0 Å². The molecule has 0 unspecified atom stereocenters. The molecule has 0 radical (unpaired) electrons. The van der Waals surface area contributed by atoms with Gasteiger partial charge in [0.15, 0.2) is 0 Å². The molecule has 2 heterocycles. The molecular weight excluding hydrogens is 302 g/mol. The second-order valence-corrected chi connectivity index (χ2v) is 6.85. The van der Waals surface area contributed by atoms with Gasteiger partial charge in [-0.1, -0.05) is 30.3 Å². The number of carbonyl (C=O) groups is 2. The second-order valence-electron chi connectivity index (χ2n) is 6.85. The predicted octanol–water partition coefficient (Wildman–Crippen LogP) is 1.54. The maximum atomic E-state index is 12.5. The molecule has 0 bridgehead atoms. The lowest BCUT2D eigenvalue weighted by atomic mass is 9.93. The number of benzene rings is 1. The van der Waals surface area contributed by atoms with Gasteiger partial charge in [0.25, 0.3) is 0 Å². The zero-order valence-corrected chi connectivity index (χ0v) is 14.2. The lowest BCUT2D eigenvalue weighted by molar-refractivity contribution is -0.139. The first-order chi connectivity index (χ1) is 11.7. The van der Waals surface area contributed by atoms with E-state index in [0.29, 0.717) is 19.6 Å². The highest BCUT2D eigenvalue weighted by atomic mass is 16.2. The highest BCUT2D eigenvalue weighted by molar-refractivity contribution is 5.81. The van der Waals surface area contributed by atoms with Crippen molar-refractivity contribution in [1.82, 2.24) is 15.5 Å². The first-order valence-corrected chi connectivity index (χ1v) is 9.05. The fourth-order valence-corrected chi connectivity index (χ4v) is 3.61. The van der Waals surface area contributed by atoms with Crippen molar-refractivity contribution in [2.45, 2.75) is 32.2 Å². The zero-order valence-electron chi connectivity index (χ0n) is 14.2. The minimum absolute atomic E-state index is 0.0299. The number of nitrogens with zero attached hydrogens (tertiary/aromatic N) is 1. The Bertz CT molecular complexity index is 547. The van der Waals surface area contributed by atoms with Gasteiger partial charge < -0.3 is 15.5 Å². The second kappa shape index (κ2) is 8.29. The molecule has 1 aromatic rings. The van der Waals surface area contributed by atoms with Crippen molar-refractivity contribution < 1.29 is 9.59 Å². The van der Waals surface area contributed by atoms with E-state index < -0.39 is 0 Å². The third kappa shape index (κ3) is 4.35. The molecule has 2 saturated heterocycles. The Kier molecular flexibility index (Phi) is 5.86. The largest absolute Gasteiger partial charge is 0.352 e. The van der Waals surface area contributed by atoms with Crippen molar-refractivity contribution >= 4 is 11.8 Å². The molecule has 0 spiro atoms. The summed E-state index contributed by atoms with van der Waals surface area (Å²) in [7, 11) is 0. The van der Waals surface area contributed by atoms with Crippen LogP contribution in [-0.2, 0) is 16.1 Å². The lowest BCUT2D eigenvalue weighted by Crippen LogP contribution is -2.47. The number of piperidine rings is 2. The summed E-state index contributed by atoms with van der Waals surface area (Å²) in [6.45, 7) is 3.81. The van der Waals surface area contributed by atoms with Crippen molar-refractivity contribution in [2.24, 2.45) is 11.8 Å². The van der Waals surface area contributed by atoms with Crippen LogP contribution in [0, 0.1) is 11.8 Å². The highest BCUT2D eigenvalue weighted by Crippen LogP contribution is 2.21. The first kappa shape index (κ1) is 17.0. The molecule has 1 aromatic carbocycles. The Morgan fingerprint density at radius 2 is 1.83 bits per heavy atom. The van der Waals surface area contributed by atoms with Gasteiger partial charge in [0.05, 0.1) is 5.92 Å². The molecule has 5 nitrogen and oxygen atoms in total. The molecule has 2 amide bonds. The van der Waals surface area contributed by atoms with E-state index in [1.807, 2.05) is 35.2 Å². The van der Waals surface area contributed by atoms with E-state index in [0.717, 1.165) is 44.3 Å². The Labute approximate surface area is 143 Å². The Morgan fingerprint density at radius 1 is 1.08 bits per heavy atom. The molecule has 0 saturated carbocycles. The minimum atomic E-state index is 0.0299. The van der Waals surface area contributed by atoms with Crippen LogP contribution < -0.4 is 10.6 Å². The number of carbonyl (C=O) groups excluding carboxylic acids is 2. The maximum Gasteiger partial charge on any atom is 0.226 e. The van der Waals surface area contributed by atoms with Crippen LogP contribution in [0.1, 0.15) is 31.2 Å². The van der Waals surface area contributed by atoms with Crippen LogP contribution in [-0.4, -0.2) is 42.9 Å². The molecule has 2 N–H and O–H groups in total. The average molecular weight is 329 g/mol. The summed E-state index contributed by atoms with van der Waals surface area (Å²) in [6, 6.07) is 9.96. The molecule has 0 aromatic heterocycles. The summed E-state index contributed by atoms with van der Waals surface area (Å²) >= 11 is 0. The van der Waals surface area contributed by atoms with Gasteiger partial charge in [-0.05, 0) is 37.8 Å². The van der Waals surface area contributed by atoms with E-state index in [9.17, 15) is 9.59 Å². The van der Waals surface area contributed by atoms with Gasteiger partial charge in [0.1, 0.15) is 0 Å². The van der Waals surface area contributed by atoms with Crippen LogP contribution in [0.25, 0.3) is 0 Å². The van der Waals surface area contributed by atoms with Gasteiger partial charge in [-0.15, -0.1) is 0 Å². The summed E-state index contributed by atoms with van der Waals surface area (Å²) in [5.74, 6) is 0.542. The molecule has 24 heavy (non-hydrogen) atoms. The van der Waals surface area contributed by atoms with Crippen LogP contribution in [0.3, 0.4) is 0 Å². The molecule has 2 aliphatic rings. The topological polar surface area (TPSA) is 61.4 Å². The Balaban J connectivity index is 1.42. The summed E-state index contributed by atoms with van der Waals surface area (Å²) in [5.41, 5.74) is 1.11. The van der Waals surface area contributed by atoms with E-state index in [4.69, 9.17) is 0 Å². The number of rotatable bonds is 4. The quantitative estimate of drug-likeness (QED) is 0.881. The van der Waals surface area contributed by atoms with E-state index >= 15 is 0 Å². The van der Waals surface area contributed by atoms with E-state index in [2.05, 4.69) is 10.6 Å². The van der Waals surface area contributed by atoms with Gasteiger partial charge in [0.2, 0.25) is 11.8 Å². The van der Waals surface area contributed by atoms with Gasteiger partial charge >= 0.3 is 0 Å². The number of nitrogens with one attached hydrogen (secondary N) is 2. The predicted molar refractivity (Wildman–Crippen MR) is 93.2 cm³/mol. The molecule has 3 rings (SSSR count). The summed E-state index contributed by atoms with van der Waals surface area (Å²) in [6.07, 6.45) is 3.61. The van der Waals surface area contributed by atoms with Crippen LogP contribution in [0.2, 0.25) is 0 Å². The third-order valence-corrected chi connectivity index (χ3v) is 5.13. The van der Waals surface area contributed by atoms with Crippen molar-refractivity contribution in [2.75, 3.05) is 26.2 Å². The molecule has 1 atom stereocenters. The summed E-state index contributed by atoms with van der Waals surface area (Å²) < 4.78 is 0. The summed E-state index contributed by atoms with van der Waals surface area (Å²) in [5, 5.41) is 6.33. The number of hydrogen-bond donors (Lipinski definition) is 2. The smallest absolute Gasteiger partial charge is 0.226 e. The fraction of sp³-hybridized carbons (Fsp3) is 0.579. The van der Waals surface area contributed by atoms with Gasteiger partial charge in [-0.2, -0.15) is 0 Å². The molecule has 0 aliphatic carbocycles. The van der Waals surface area contributed by atoms with Crippen molar-refractivity contribution in [3.63, 3.8) is 0 Å². The lowest BCUT2D eigenvalue weighted by Gasteiger charge is -2.34. The van der Waals surface area contributed by atoms with Crippen molar-refractivity contribution in [3.8, 4) is 0 Å². The van der Waals surface area contributed by atoms with E-state index in [1.54, 1.807) is 0 Å². The molecule has 5 heteroatoms. The number of hydrogen-bond acceptors (Lipinski definition) is 3. The molecule has 2 aliphatic heterocycles. The number of likely N-dealkylation sites (tertiary alicyclic amines) is 1. The van der Waals surface area contributed by atoms with Crippen molar-refractivity contribution in [3.05, 3.63) is 35.9 Å². The molecule has 130 valence electrons. The monoisotopic (exact) mass is 329 g/mol. The van der Waals surface area contributed by atoms with Crippen LogP contribution in [0.4, 0.5) is 0 Å². The van der Waals surface area contributed by atoms with Gasteiger partial charge in [0, 0.05) is 32.1 Å². The maximum absolute atomic E-state index is 12.5. The van der Waals surface area contributed by atoms with Crippen molar-refractivity contribution in [1.29, 1.82) is 0 Å².